The first kappa shape index (κ1) is 10.2. The SMILES string of the molecule is CCOC(=O)c1ccc(C=N)c(N)c1. The molecule has 14 heavy (non-hydrogen) atoms. The van der Waals surface area contributed by atoms with Crippen LogP contribution in [0.3, 0.4) is 0 Å². The van der Waals surface area contributed by atoms with Gasteiger partial charge < -0.3 is 15.9 Å². The predicted octanol–water partition coefficient (Wildman–Crippen LogP) is 1.44. The zero-order chi connectivity index (χ0) is 10.6. The Morgan fingerprint density at radius 2 is 2.36 bits per heavy atom. The van der Waals surface area contributed by atoms with Crippen LogP contribution in [-0.4, -0.2) is 18.8 Å². The lowest BCUT2D eigenvalue weighted by molar-refractivity contribution is 0.0526. The van der Waals surface area contributed by atoms with E-state index in [4.69, 9.17) is 15.9 Å². The zero-order valence-corrected chi connectivity index (χ0v) is 7.91. The highest BCUT2D eigenvalue weighted by Gasteiger charge is 2.07. The van der Waals surface area contributed by atoms with Gasteiger partial charge in [-0.25, -0.2) is 4.79 Å². The third kappa shape index (κ3) is 2.10. The van der Waals surface area contributed by atoms with Crippen LogP contribution in [0.5, 0.6) is 0 Å². The van der Waals surface area contributed by atoms with Crippen LogP contribution in [0.4, 0.5) is 5.69 Å². The summed E-state index contributed by atoms with van der Waals surface area (Å²) in [6.45, 7) is 2.08. The number of nitrogens with one attached hydrogen (secondary N) is 1. The Labute approximate surface area is 82.2 Å². The predicted molar refractivity (Wildman–Crippen MR) is 54.7 cm³/mol. The number of rotatable bonds is 3. The van der Waals surface area contributed by atoms with E-state index in [0.29, 0.717) is 23.4 Å². The molecule has 4 nitrogen and oxygen atoms in total. The van der Waals surface area contributed by atoms with E-state index in [1.54, 1.807) is 19.1 Å². The van der Waals surface area contributed by atoms with Gasteiger partial charge in [0.2, 0.25) is 0 Å². The summed E-state index contributed by atoms with van der Waals surface area (Å²) in [4.78, 5) is 11.3. The minimum atomic E-state index is -0.393. The highest BCUT2D eigenvalue weighted by atomic mass is 16.5. The van der Waals surface area contributed by atoms with Crippen LogP contribution >= 0.6 is 0 Å². The molecule has 0 amide bonds. The molecule has 1 aromatic rings. The number of anilines is 1. The van der Waals surface area contributed by atoms with Crippen molar-refractivity contribution in [2.45, 2.75) is 6.92 Å². The third-order valence-corrected chi connectivity index (χ3v) is 1.75. The zero-order valence-electron chi connectivity index (χ0n) is 7.91. The first-order valence-corrected chi connectivity index (χ1v) is 4.26. The van der Waals surface area contributed by atoms with Crippen LogP contribution in [0.25, 0.3) is 0 Å². The fourth-order valence-electron chi connectivity index (χ4n) is 1.05. The van der Waals surface area contributed by atoms with Crippen LogP contribution in [0.2, 0.25) is 0 Å². The van der Waals surface area contributed by atoms with Crippen molar-refractivity contribution in [2.24, 2.45) is 0 Å². The van der Waals surface area contributed by atoms with E-state index in [-0.39, 0.29) is 0 Å². The van der Waals surface area contributed by atoms with Crippen LogP contribution < -0.4 is 5.73 Å². The van der Waals surface area contributed by atoms with Gasteiger partial charge >= 0.3 is 5.97 Å². The molecule has 0 aromatic heterocycles. The lowest BCUT2D eigenvalue weighted by Crippen LogP contribution is -2.06. The molecule has 0 saturated heterocycles. The molecule has 0 atom stereocenters. The lowest BCUT2D eigenvalue weighted by atomic mass is 10.1. The molecule has 0 unspecified atom stereocenters. The van der Waals surface area contributed by atoms with Crippen LogP contribution in [0.15, 0.2) is 18.2 Å². The standard InChI is InChI=1S/C10H12N2O2/c1-2-14-10(13)7-3-4-8(6-11)9(12)5-7/h3-6,11H,2,12H2,1H3. The topological polar surface area (TPSA) is 76.2 Å². The molecule has 0 saturated carbocycles. The fourth-order valence-corrected chi connectivity index (χ4v) is 1.05. The molecular weight excluding hydrogens is 180 g/mol. The maximum Gasteiger partial charge on any atom is 0.338 e. The summed E-state index contributed by atoms with van der Waals surface area (Å²) in [5.41, 5.74) is 7.02. The normalized spacial score (nSPS) is 9.50. The van der Waals surface area contributed by atoms with E-state index < -0.39 is 5.97 Å². The molecule has 0 heterocycles. The van der Waals surface area contributed by atoms with E-state index in [1.807, 2.05) is 0 Å². The van der Waals surface area contributed by atoms with Crippen molar-refractivity contribution in [3.8, 4) is 0 Å². The summed E-state index contributed by atoms with van der Waals surface area (Å²) in [7, 11) is 0. The Hall–Kier alpha value is -1.84. The van der Waals surface area contributed by atoms with Crippen molar-refractivity contribution in [3.05, 3.63) is 29.3 Å². The lowest BCUT2D eigenvalue weighted by Gasteiger charge is -2.04. The van der Waals surface area contributed by atoms with E-state index in [2.05, 4.69) is 0 Å². The van der Waals surface area contributed by atoms with Gasteiger partial charge in [-0.3, -0.25) is 0 Å². The maximum absolute atomic E-state index is 11.3. The van der Waals surface area contributed by atoms with Gasteiger partial charge in [-0.05, 0) is 19.1 Å². The van der Waals surface area contributed by atoms with E-state index in [9.17, 15) is 4.79 Å². The first-order valence-electron chi connectivity index (χ1n) is 4.26. The van der Waals surface area contributed by atoms with Gasteiger partial charge in [0.1, 0.15) is 0 Å². The smallest absolute Gasteiger partial charge is 0.338 e. The molecule has 0 fully saturated rings. The van der Waals surface area contributed by atoms with Crippen LogP contribution in [0, 0.1) is 5.41 Å². The number of hydrogen-bond acceptors (Lipinski definition) is 4. The summed E-state index contributed by atoms with van der Waals surface area (Å²) in [5.74, 6) is -0.393. The largest absolute Gasteiger partial charge is 0.462 e. The molecule has 0 aliphatic heterocycles. The highest BCUT2D eigenvalue weighted by Crippen LogP contribution is 2.13. The van der Waals surface area contributed by atoms with Crippen molar-refractivity contribution in [2.75, 3.05) is 12.3 Å². The molecule has 0 radical (unpaired) electrons. The fraction of sp³-hybridized carbons (Fsp3) is 0.200. The second kappa shape index (κ2) is 4.41. The second-order valence-corrected chi connectivity index (χ2v) is 2.71. The number of esters is 1. The average Bonchev–Trinajstić information content (AvgIpc) is 2.18. The molecule has 1 rings (SSSR count). The van der Waals surface area contributed by atoms with Gasteiger partial charge in [0.05, 0.1) is 12.2 Å². The van der Waals surface area contributed by atoms with Crippen molar-refractivity contribution in [1.82, 2.24) is 0 Å². The quantitative estimate of drug-likeness (QED) is 0.432. The van der Waals surface area contributed by atoms with Crippen LogP contribution in [0.1, 0.15) is 22.8 Å². The summed E-state index contributed by atoms with van der Waals surface area (Å²) in [6.07, 6.45) is 1.14. The third-order valence-electron chi connectivity index (χ3n) is 1.75. The molecule has 0 spiro atoms. The van der Waals surface area contributed by atoms with Crippen molar-refractivity contribution in [3.63, 3.8) is 0 Å². The molecule has 0 bridgehead atoms. The number of ether oxygens (including phenoxy) is 1. The van der Waals surface area contributed by atoms with E-state index in [0.717, 1.165) is 6.21 Å². The molecule has 3 N–H and O–H groups in total. The van der Waals surface area contributed by atoms with E-state index in [1.165, 1.54) is 6.07 Å². The Balaban J connectivity index is 2.96. The number of carbonyl (C=O) groups is 1. The summed E-state index contributed by atoms with van der Waals surface area (Å²) >= 11 is 0. The Kier molecular flexibility index (Phi) is 3.23. The van der Waals surface area contributed by atoms with E-state index >= 15 is 0 Å². The Morgan fingerprint density at radius 3 is 2.86 bits per heavy atom. The summed E-state index contributed by atoms with van der Waals surface area (Å²) in [5, 5.41) is 7.02. The van der Waals surface area contributed by atoms with Gasteiger partial charge in [0.25, 0.3) is 0 Å². The summed E-state index contributed by atoms with van der Waals surface area (Å²) in [6, 6.07) is 4.72. The molecule has 0 aliphatic carbocycles. The average molecular weight is 192 g/mol. The van der Waals surface area contributed by atoms with Crippen molar-refractivity contribution < 1.29 is 9.53 Å². The molecule has 0 aliphatic rings. The molecular formula is C10H12N2O2. The van der Waals surface area contributed by atoms with Crippen molar-refractivity contribution >= 4 is 17.9 Å². The number of carbonyl (C=O) groups excluding carboxylic acids is 1. The molecule has 1 aromatic carbocycles. The molecule has 4 heteroatoms. The minimum Gasteiger partial charge on any atom is -0.462 e. The Bertz CT molecular complexity index is 361. The summed E-state index contributed by atoms with van der Waals surface area (Å²) < 4.78 is 4.80. The number of hydrogen-bond donors (Lipinski definition) is 2. The van der Waals surface area contributed by atoms with Crippen molar-refractivity contribution in [1.29, 1.82) is 5.41 Å². The minimum absolute atomic E-state index is 0.338. The highest BCUT2D eigenvalue weighted by molar-refractivity contribution is 5.93. The monoisotopic (exact) mass is 192 g/mol. The first-order chi connectivity index (χ1) is 6.69. The van der Waals surface area contributed by atoms with Gasteiger partial charge in [0, 0.05) is 17.5 Å². The number of nitrogens with two attached hydrogens (primary N) is 1. The molecule has 74 valence electrons. The van der Waals surface area contributed by atoms with Gasteiger partial charge in [-0.15, -0.1) is 0 Å². The van der Waals surface area contributed by atoms with Gasteiger partial charge in [-0.1, -0.05) is 6.07 Å². The number of nitrogen functional groups attached to an aromatic ring is 1. The van der Waals surface area contributed by atoms with Crippen LogP contribution in [-0.2, 0) is 4.74 Å². The number of benzene rings is 1. The second-order valence-electron chi connectivity index (χ2n) is 2.71. The maximum atomic E-state index is 11.3. The Morgan fingerprint density at radius 1 is 1.64 bits per heavy atom. The van der Waals surface area contributed by atoms with Gasteiger partial charge in [0.15, 0.2) is 0 Å². The van der Waals surface area contributed by atoms with Gasteiger partial charge in [-0.2, -0.15) is 0 Å².